The average molecular weight is 232 g/mol. The maximum Gasteiger partial charge on any atom is 0.195 e. The first-order valence-electron chi connectivity index (χ1n) is 5.39. The van der Waals surface area contributed by atoms with Crippen LogP contribution in [0.1, 0.15) is 30.3 Å². The van der Waals surface area contributed by atoms with Crippen molar-refractivity contribution in [3.63, 3.8) is 0 Å². The molecule has 82 valence electrons. The highest BCUT2D eigenvalue weighted by Gasteiger charge is 2.27. The van der Waals surface area contributed by atoms with Crippen LogP contribution >= 0.6 is 12.2 Å². The van der Waals surface area contributed by atoms with Gasteiger partial charge in [0, 0.05) is 24.9 Å². The molecule has 1 aliphatic carbocycles. The first-order chi connectivity index (χ1) is 7.84. The Hall–Kier alpha value is -1.49. The predicted molar refractivity (Wildman–Crippen MR) is 62.7 cm³/mol. The average Bonchev–Trinajstić information content (AvgIpc) is 3.07. The Labute approximate surface area is 98.3 Å². The Balaban J connectivity index is 1.93. The van der Waals surface area contributed by atoms with Crippen LogP contribution < -0.4 is 0 Å². The summed E-state index contributed by atoms with van der Waals surface area (Å²) in [7, 11) is 0. The topological polar surface area (TPSA) is 46.5 Å². The van der Waals surface area contributed by atoms with Crippen molar-refractivity contribution in [2.75, 3.05) is 0 Å². The van der Waals surface area contributed by atoms with Gasteiger partial charge in [0.25, 0.3) is 0 Å². The molecule has 0 amide bonds. The van der Waals surface area contributed by atoms with E-state index >= 15 is 0 Å². The molecule has 0 aliphatic heterocycles. The number of hydrogen-bond donors (Lipinski definition) is 1. The number of aromatic nitrogens is 4. The van der Waals surface area contributed by atoms with Crippen LogP contribution in [0.15, 0.2) is 24.5 Å². The Morgan fingerprint density at radius 1 is 1.38 bits per heavy atom. The zero-order valence-corrected chi connectivity index (χ0v) is 9.57. The summed E-state index contributed by atoms with van der Waals surface area (Å²) in [6.45, 7) is 0. The first kappa shape index (κ1) is 9.72. The molecule has 0 unspecified atom stereocenters. The quantitative estimate of drug-likeness (QED) is 0.826. The van der Waals surface area contributed by atoms with E-state index in [0.29, 0.717) is 6.04 Å². The van der Waals surface area contributed by atoms with Crippen molar-refractivity contribution in [3.05, 3.63) is 40.7 Å². The molecule has 1 aliphatic rings. The third-order valence-corrected chi connectivity index (χ3v) is 3.09. The van der Waals surface area contributed by atoms with Gasteiger partial charge in [-0.25, -0.2) is 0 Å². The van der Waals surface area contributed by atoms with Crippen LogP contribution in [0.3, 0.4) is 0 Å². The van der Waals surface area contributed by atoms with E-state index in [1.54, 1.807) is 12.4 Å². The smallest absolute Gasteiger partial charge is 0.195 e. The molecule has 0 atom stereocenters. The maximum absolute atomic E-state index is 5.24. The van der Waals surface area contributed by atoms with Crippen LogP contribution in [0.4, 0.5) is 0 Å². The van der Waals surface area contributed by atoms with Gasteiger partial charge in [-0.05, 0) is 42.8 Å². The molecule has 0 aromatic carbocycles. The molecule has 4 nitrogen and oxygen atoms in total. The first-order valence-corrected chi connectivity index (χ1v) is 5.80. The molecular weight excluding hydrogens is 220 g/mol. The van der Waals surface area contributed by atoms with Gasteiger partial charge < -0.3 is 4.57 Å². The fraction of sp³-hybridized carbons (Fsp3) is 0.364. The van der Waals surface area contributed by atoms with E-state index in [-0.39, 0.29) is 0 Å². The number of rotatable bonds is 3. The molecule has 0 spiro atoms. The molecule has 1 N–H and O–H groups in total. The molecule has 2 aromatic rings. The third kappa shape index (κ3) is 1.78. The lowest BCUT2D eigenvalue weighted by Crippen LogP contribution is -2.02. The normalized spacial score (nSPS) is 15.2. The number of aromatic amines is 1. The van der Waals surface area contributed by atoms with Crippen molar-refractivity contribution in [2.24, 2.45) is 0 Å². The van der Waals surface area contributed by atoms with Crippen molar-refractivity contribution in [1.29, 1.82) is 0 Å². The van der Waals surface area contributed by atoms with E-state index < -0.39 is 0 Å². The molecule has 0 bridgehead atoms. The lowest BCUT2D eigenvalue weighted by atomic mass is 10.2. The molecule has 2 aromatic heterocycles. The standard InChI is InChI=1S/C11H12N4S/c16-11-14-13-10(15(11)9-1-2-9)7-8-3-5-12-6-4-8/h3-6,9H,1-2,7H2,(H,14,16). The van der Waals surface area contributed by atoms with Gasteiger partial charge in [-0.2, -0.15) is 5.10 Å². The van der Waals surface area contributed by atoms with E-state index in [1.165, 1.54) is 18.4 Å². The lowest BCUT2D eigenvalue weighted by Gasteiger charge is -2.04. The Kier molecular flexibility index (Phi) is 2.32. The van der Waals surface area contributed by atoms with Gasteiger partial charge in [-0.1, -0.05) is 0 Å². The molecule has 1 fully saturated rings. The highest BCUT2D eigenvalue weighted by molar-refractivity contribution is 7.71. The van der Waals surface area contributed by atoms with Crippen LogP contribution in [-0.2, 0) is 6.42 Å². The minimum atomic E-state index is 0.572. The number of nitrogens with one attached hydrogen (secondary N) is 1. The zero-order chi connectivity index (χ0) is 11.0. The molecule has 5 heteroatoms. The summed E-state index contributed by atoms with van der Waals surface area (Å²) < 4.78 is 2.89. The maximum atomic E-state index is 5.24. The Morgan fingerprint density at radius 2 is 2.12 bits per heavy atom. The van der Waals surface area contributed by atoms with Crippen LogP contribution in [0, 0.1) is 4.77 Å². The second-order valence-corrected chi connectivity index (χ2v) is 4.47. The summed E-state index contributed by atoms with van der Waals surface area (Å²) in [5, 5.41) is 7.18. The highest BCUT2D eigenvalue weighted by Crippen LogP contribution is 2.36. The summed E-state index contributed by atoms with van der Waals surface area (Å²) in [5.41, 5.74) is 1.21. The van der Waals surface area contributed by atoms with Crippen molar-refractivity contribution >= 4 is 12.2 Å². The summed E-state index contributed by atoms with van der Waals surface area (Å²) in [4.78, 5) is 4.01. The summed E-state index contributed by atoms with van der Waals surface area (Å²) in [6.07, 6.45) is 6.86. The van der Waals surface area contributed by atoms with Crippen molar-refractivity contribution < 1.29 is 0 Å². The fourth-order valence-corrected chi connectivity index (χ4v) is 2.15. The minimum Gasteiger partial charge on any atom is -0.301 e. The van der Waals surface area contributed by atoms with Crippen LogP contribution in [-0.4, -0.2) is 19.7 Å². The number of hydrogen-bond acceptors (Lipinski definition) is 3. The summed E-state index contributed by atoms with van der Waals surface area (Å²) >= 11 is 5.24. The molecule has 0 radical (unpaired) electrons. The van der Waals surface area contributed by atoms with Gasteiger partial charge >= 0.3 is 0 Å². The predicted octanol–water partition coefficient (Wildman–Crippen LogP) is 2.26. The van der Waals surface area contributed by atoms with Gasteiger partial charge in [0.15, 0.2) is 4.77 Å². The minimum absolute atomic E-state index is 0.572. The van der Waals surface area contributed by atoms with E-state index in [2.05, 4.69) is 19.7 Å². The van der Waals surface area contributed by atoms with Crippen molar-refractivity contribution in [1.82, 2.24) is 19.7 Å². The van der Waals surface area contributed by atoms with Gasteiger partial charge in [0.1, 0.15) is 5.82 Å². The molecular formula is C11H12N4S. The van der Waals surface area contributed by atoms with Gasteiger partial charge in [-0.15, -0.1) is 0 Å². The van der Waals surface area contributed by atoms with Crippen molar-refractivity contribution in [2.45, 2.75) is 25.3 Å². The Morgan fingerprint density at radius 3 is 2.81 bits per heavy atom. The third-order valence-electron chi connectivity index (χ3n) is 2.80. The number of pyridine rings is 1. The Bertz CT molecular complexity index is 539. The van der Waals surface area contributed by atoms with E-state index in [9.17, 15) is 0 Å². The SMILES string of the molecule is S=c1[nH]nc(Cc2ccncc2)n1C1CC1. The second kappa shape index (κ2) is 3.83. The summed E-state index contributed by atoms with van der Waals surface area (Å²) in [6, 6.07) is 4.59. The molecule has 16 heavy (non-hydrogen) atoms. The highest BCUT2D eigenvalue weighted by atomic mass is 32.1. The monoisotopic (exact) mass is 232 g/mol. The molecule has 0 saturated heterocycles. The molecule has 2 heterocycles. The van der Waals surface area contributed by atoms with Crippen molar-refractivity contribution in [3.8, 4) is 0 Å². The van der Waals surface area contributed by atoms with Gasteiger partial charge in [0.2, 0.25) is 0 Å². The largest absolute Gasteiger partial charge is 0.301 e. The van der Waals surface area contributed by atoms with Crippen LogP contribution in [0.2, 0.25) is 0 Å². The molecule has 3 rings (SSSR count). The second-order valence-electron chi connectivity index (χ2n) is 4.08. The number of H-pyrrole nitrogens is 1. The molecule has 1 saturated carbocycles. The number of nitrogens with zero attached hydrogens (tertiary/aromatic N) is 3. The van der Waals surface area contributed by atoms with Crippen LogP contribution in [0.25, 0.3) is 0 Å². The van der Waals surface area contributed by atoms with E-state index in [0.717, 1.165) is 17.0 Å². The van der Waals surface area contributed by atoms with Gasteiger partial charge in [-0.3, -0.25) is 10.1 Å². The van der Waals surface area contributed by atoms with Gasteiger partial charge in [0.05, 0.1) is 0 Å². The van der Waals surface area contributed by atoms with E-state index in [1.807, 2.05) is 12.1 Å². The van der Waals surface area contributed by atoms with E-state index in [4.69, 9.17) is 12.2 Å². The zero-order valence-electron chi connectivity index (χ0n) is 8.76. The fourth-order valence-electron chi connectivity index (χ4n) is 1.85. The summed E-state index contributed by atoms with van der Waals surface area (Å²) in [5.74, 6) is 1.03. The lowest BCUT2D eigenvalue weighted by molar-refractivity contribution is 0.685. The van der Waals surface area contributed by atoms with Crippen LogP contribution in [0.5, 0.6) is 0 Å².